The Balaban J connectivity index is 1.14. The summed E-state index contributed by atoms with van der Waals surface area (Å²) in [5, 5.41) is 2.65. The smallest absolute Gasteiger partial charge is 0.0476 e. The first-order valence-corrected chi connectivity index (χ1v) is 19.0. The van der Waals surface area contributed by atoms with Gasteiger partial charge in [0.05, 0.1) is 0 Å². The van der Waals surface area contributed by atoms with Crippen LogP contribution < -0.4 is 9.80 Å². The number of aryl methyl sites for hydroxylation is 4. The minimum atomic E-state index is -0.150. The summed E-state index contributed by atoms with van der Waals surface area (Å²) in [5.74, 6) is 0. The largest absolute Gasteiger partial charge is 0.310 e. The molecule has 0 N–H and O–H groups in total. The van der Waals surface area contributed by atoms with Crippen LogP contribution in [0.2, 0.25) is 0 Å². The molecule has 7 aromatic carbocycles. The summed E-state index contributed by atoms with van der Waals surface area (Å²) in [6, 6.07) is 54.4. The zero-order valence-electron chi connectivity index (χ0n) is 30.7. The number of hydrogen-bond acceptors (Lipinski definition) is 3. The fourth-order valence-corrected chi connectivity index (χ4v) is 9.09. The van der Waals surface area contributed by atoms with Crippen molar-refractivity contribution in [1.82, 2.24) is 0 Å². The van der Waals surface area contributed by atoms with E-state index in [1.165, 1.54) is 76.1 Å². The van der Waals surface area contributed by atoms with Crippen LogP contribution >= 0.6 is 11.3 Å². The Kier molecular flexibility index (Phi) is 7.60. The average molecular weight is 691 g/mol. The van der Waals surface area contributed by atoms with E-state index < -0.39 is 0 Å². The maximum absolute atomic E-state index is 2.48. The van der Waals surface area contributed by atoms with Gasteiger partial charge in [-0.25, -0.2) is 0 Å². The van der Waals surface area contributed by atoms with Gasteiger partial charge in [-0.2, -0.15) is 0 Å². The van der Waals surface area contributed by atoms with Crippen LogP contribution in [0.1, 0.15) is 47.2 Å². The second kappa shape index (κ2) is 12.3. The van der Waals surface area contributed by atoms with Crippen molar-refractivity contribution in [3.8, 4) is 11.1 Å². The Hall–Kier alpha value is -5.64. The van der Waals surface area contributed by atoms with E-state index in [0.29, 0.717) is 0 Å². The molecule has 0 bridgehead atoms. The molecule has 1 aromatic heterocycles. The van der Waals surface area contributed by atoms with Crippen LogP contribution in [0.25, 0.3) is 31.3 Å². The molecule has 0 unspecified atom stereocenters. The zero-order chi connectivity index (χ0) is 35.7. The van der Waals surface area contributed by atoms with E-state index in [1.807, 2.05) is 11.3 Å². The van der Waals surface area contributed by atoms with Gasteiger partial charge in [0.15, 0.2) is 0 Å². The molecule has 0 amide bonds. The molecule has 8 aromatic rings. The van der Waals surface area contributed by atoms with Crippen LogP contribution in [0, 0.1) is 27.7 Å². The maximum atomic E-state index is 2.48. The molecule has 0 radical (unpaired) electrons. The highest BCUT2D eigenvalue weighted by molar-refractivity contribution is 7.25. The molecule has 0 fully saturated rings. The van der Waals surface area contributed by atoms with Gasteiger partial charge in [0.2, 0.25) is 0 Å². The lowest BCUT2D eigenvalue weighted by Gasteiger charge is -2.28. The molecule has 0 spiro atoms. The predicted octanol–water partition coefficient (Wildman–Crippen LogP) is 14.5. The minimum Gasteiger partial charge on any atom is -0.310 e. The van der Waals surface area contributed by atoms with Gasteiger partial charge in [-0.3, -0.25) is 0 Å². The van der Waals surface area contributed by atoms with E-state index in [0.717, 1.165) is 22.7 Å². The summed E-state index contributed by atoms with van der Waals surface area (Å²) >= 11 is 1.90. The first kappa shape index (κ1) is 32.3. The van der Waals surface area contributed by atoms with E-state index in [2.05, 4.69) is 197 Å². The number of benzene rings is 7. The molecule has 1 aliphatic carbocycles. The molecule has 0 saturated carbocycles. The van der Waals surface area contributed by atoms with Crippen LogP contribution in [-0.2, 0) is 5.41 Å². The Morgan fingerprint density at radius 3 is 1.23 bits per heavy atom. The highest BCUT2D eigenvalue weighted by Gasteiger charge is 2.37. The Labute approximate surface area is 311 Å². The fraction of sp³-hybridized carbons (Fsp3) is 0.143. The van der Waals surface area contributed by atoms with Gasteiger partial charge >= 0.3 is 0 Å². The third-order valence-electron chi connectivity index (χ3n) is 10.9. The molecule has 52 heavy (non-hydrogen) atoms. The second-order valence-electron chi connectivity index (χ2n) is 15.0. The lowest BCUT2D eigenvalue weighted by Crippen LogP contribution is -2.16. The lowest BCUT2D eigenvalue weighted by atomic mass is 9.82. The van der Waals surface area contributed by atoms with Crippen molar-refractivity contribution in [1.29, 1.82) is 0 Å². The number of rotatable bonds is 6. The van der Waals surface area contributed by atoms with Crippen molar-refractivity contribution in [2.24, 2.45) is 0 Å². The van der Waals surface area contributed by atoms with Gasteiger partial charge in [0.25, 0.3) is 0 Å². The van der Waals surface area contributed by atoms with Crippen LogP contribution in [-0.4, -0.2) is 0 Å². The molecule has 0 saturated heterocycles. The van der Waals surface area contributed by atoms with Crippen molar-refractivity contribution < 1.29 is 0 Å². The van der Waals surface area contributed by atoms with Gasteiger partial charge in [-0.15, -0.1) is 11.3 Å². The quantitative estimate of drug-likeness (QED) is 0.171. The molecule has 3 heteroatoms. The fourth-order valence-electron chi connectivity index (χ4n) is 7.93. The summed E-state index contributed by atoms with van der Waals surface area (Å²) in [6.45, 7) is 13.4. The Bertz CT molecular complexity index is 2520. The summed E-state index contributed by atoms with van der Waals surface area (Å²) in [7, 11) is 0. The molecule has 1 aliphatic rings. The van der Waals surface area contributed by atoms with Gasteiger partial charge in [0, 0.05) is 59.7 Å². The normalized spacial score (nSPS) is 13.0. The molecule has 0 atom stereocenters. The molecule has 0 aliphatic heterocycles. The van der Waals surface area contributed by atoms with E-state index in [4.69, 9.17) is 0 Å². The molecular formula is C49H42N2S. The predicted molar refractivity (Wildman–Crippen MR) is 225 cm³/mol. The number of nitrogens with zero attached hydrogens (tertiary/aromatic N) is 2. The monoisotopic (exact) mass is 690 g/mol. The second-order valence-corrected chi connectivity index (χ2v) is 16.1. The van der Waals surface area contributed by atoms with E-state index in [-0.39, 0.29) is 5.41 Å². The Morgan fingerprint density at radius 1 is 0.365 bits per heavy atom. The highest BCUT2D eigenvalue weighted by Crippen LogP contribution is 2.53. The van der Waals surface area contributed by atoms with E-state index in [1.54, 1.807) is 0 Å². The molecule has 9 rings (SSSR count). The maximum Gasteiger partial charge on any atom is 0.0476 e. The topological polar surface area (TPSA) is 6.48 Å². The van der Waals surface area contributed by atoms with E-state index >= 15 is 0 Å². The summed E-state index contributed by atoms with van der Waals surface area (Å²) in [4.78, 5) is 4.76. The SMILES string of the molecule is Cc1ccc(N(c2ccc(C)cc2)c2ccc3c(c2)C(C)(C)c2cc4c(cc2-3)sc2cc(N(c3ccc(C)cc3)c3ccc(C)cc3)ccc24)cc1. The first-order valence-electron chi connectivity index (χ1n) is 18.2. The van der Waals surface area contributed by atoms with Gasteiger partial charge < -0.3 is 9.80 Å². The number of hydrogen-bond donors (Lipinski definition) is 0. The van der Waals surface area contributed by atoms with Crippen LogP contribution in [0.3, 0.4) is 0 Å². The first-order chi connectivity index (χ1) is 25.1. The van der Waals surface area contributed by atoms with Crippen molar-refractivity contribution in [3.05, 3.63) is 179 Å². The van der Waals surface area contributed by atoms with Gasteiger partial charge in [-0.1, -0.05) is 96.8 Å². The third kappa shape index (κ3) is 5.39. The van der Waals surface area contributed by atoms with Gasteiger partial charge in [-0.05, 0) is 135 Å². The van der Waals surface area contributed by atoms with Crippen LogP contribution in [0.4, 0.5) is 34.1 Å². The molecule has 254 valence electrons. The molecule has 2 nitrogen and oxygen atoms in total. The van der Waals surface area contributed by atoms with Crippen molar-refractivity contribution >= 4 is 65.6 Å². The number of fused-ring (bicyclic) bond motifs is 6. The Morgan fingerprint density at radius 2 is 0.750 bits per heavy atom. The van der Waals surface area contributed by atoms with Crippen molar-refractivity contribution in [2.75, 3.05) is 9.80 Å². The van der Waals surface area contributed by atoms with Crippen LogP contribution in [0.5, 0.6) is 0 Å². The average Bonchev–Trinajstić information content (AvgIpc) is 3.61. The van der Waals surface area contributed by atoms with Crippen molar-refractivity contribution in [2.45, 2.75) is 47.0 Å². The number of thiophene rings is 1. The molecular weight excluding hydrogens is 649 g/mol. The number of anilines is 6. The van der Waals surface area contributed by atoms with Crippen LogP contribution in [0.15, 0.2) is 146 Å². The van der Waals surface area contributed by atoms with E-state index in [9.17, 15) is 0 Å². The minimum absolute atomic E-state index is 0.150. The zero-order valence-corrected chi connectivity index (χ0v) is 31.5. The highest BCUT2D eigenvalue weighted by atomic mass is 32.1. The standard InChI is InChI=1S/C49H42N2S/c1-31-7-15-35(16-8-31)50(36-17-9-32(2)10-18-36)39-23-25-41-43-30-48-44(29-46(43)49(5,6)45(41)27-39)42-26-24-40(28-47(42)52-48)51(37-19-11-33(3)12-20-37)38-21-13-34(4)14-22-38/h7-30H,1-6H3. The summed E-state index contributed by atoms with van der Waals surface area (Å²) in [6.07, 6.45) is 0. The molecule has 1 heterocycles. The third-order valence-corrected chi connectivity index (χ3v) is 12.0. The summed E-state index contributed by atoms with van der Waals surface area (Å²) in [5.41, 5.74) is 17.4. The van der Waals surface area contributed by atoms with Gasteiger partial charge in [0.1, 0.15) is 0 Å². The lowest BCUT2D eigenvalue weighted by molar-refractivity contribution is 0.661. The van der Waals surface area contributed by atoms with Crippen molar-refractivity contribution in [3.63, 3.8) is 0 Å². The summed E-state index contributed by atoms with van der Waals surface area (Å²) < 4.78 is 2.64.